The molecule has 0 nitrogen and oxygen atoms in total. The summed E-state index contributed by atoms with van der Waals surface area (Å²) < 4.78 is 0. The van der Waals surface area contributed by atoms with Crippen LogP contribution < -0.4 is 0 Å². The molecule has 0 N–H and O–H groups in total. The molecular formula is C16H32. The molecule has 0 bridgehead atoms. The first kappa shape index (κ1) is 15.7. The van der Waals surface area contributed by atoms with Gasteiger partial charge in [-0.2, -0.15) is 0 Å². The summed E-state index contributed by atoms with van der Waals surface area (Å²) in [5, 5.41) is 0. The Kier molecular flexibility index (Phi) is 7.03. The molecule has 0 unspecified atom stereocenters. The highest BCUT2D eigenvalue weighted by Gasteiger charge is 2.08. The van der Waals surface area contributed by atoms with Crippen molar-refractivity contribution in [2.75, 3.05) is 0 Å². The lowest BCUT2D eigenvalue weighted by atomic mass is 9.89. The van der Waals surface area contributed by atoms with Crippen molar-refractivity contribution in [3.05, 3.63) is 12.2 Å². The highest BCUT2D eigenvalue weighted by Crippen LogP contribution is 2.22. The first-order valence-electron chi connectivity index (χ1n) is 6.86. The lowest BCUT2D eigenvalue weighted by Gasteiger charge is -2.17. The maximum absolute atomic E-state index is 2.37. The molecule has 0 aromatic rings. The molecule has 0 radical (unpaired) electrons. The van der Waals surface area contributed by atoms with Gasteiger partial charge in [-0.3, -0.25) is 0 Å². The van der Waals surface area contributed by atoms with Crippen molar-refractivity contribution in [1.29, 1.82) is 0 Å². The van der Waals surface area contributed by atoms with Crippen molar-refractivity contribution in [2.45, 2.75) is 80.1 Å². The molecule has 0 saturated heterocycles. The molecule has 0 amide bonds. The molecule has 0 aliphatic carbocycles. The van der Waals surface area contributed by atoms with Gasteiger partial charge in [-0.25, -0.2) is 0 Å². The average Bonchev–Trinajstić information content (AvgIpc) is 2.06. The lowest BCUT2D eigenvalue weighted by molar-refractivity contribution is 0.365. The Morgan fingerprint density at radius 2 is 0.938 bits per heavy atom. The number of rotatable bonds is 6. The van der Waals surface area contributed by atoms with Gasteiger partial charge in [0.1, 0.15) is 0 Å². The molecule has 96 valence electrons. The van der Waals surface area contributed by atoms with Crippen LogP contribution in [0.4, 0.5) is 0 Å². The second kappa shape index (κ2) is 7.14. The fraction of sp³-hybridized carbons (Fsp3) is 0.875. The fourth-order valence-electron chi connectivity index (χ4n) is 1.74. The molecule has 0 aromatic carbocycles. The van der Waals surface area contributed by atoms with E-state index in [1.54, 1.807) is 0 Å². The summed E-state index contributed by atoms with van der Waals surface area (Å²) in [5.41, 5.74) is 1.00. The van der Waals surface area contributed by atoms with E-state index in [4.69, 9.17) is 0 Å². The zero-order valence-corrected chi connectivity index (χ0v) is 12.4. The molecule has 0 rings (SSSR count). The molecule has 0 spiro atoms. The largest absolute Gasteiger partial charge is 0.0885 e. The van der Waals surface area contributed by atoms with Gasteiger partial charge in [0.25, 0.3) is 0 Å². The average molecular weight is 224 g/mol. The van der Waals surface area contributed by atoms with E-state index in [9.17, 15) is 0 Å². The standard InChI is InChI=1S/C16H32/c1-15(2,3)13-11-9-7-8-10-12-14-16(4,5)6/h7-8H,9-14H2,1-6H3. The van der Waals surface area contributed by atoms with Crippen LogP contribution in [0.25, 0.3) is 0 Å². The van der Waals surface area contributed by atoms with E-state index in [-0.39, 0.29) is 0 Å². The summed E-state index contributed by atoms with van der Waals surface area (Å²) in [6, 6.07) is 0. The number of unbranched alkanes of at least 4 members (excludes halogenated alkanes) is 2. The van der Waals surface area contributed by atoms with Crippen molar-refractivity contribution in [3.8, 4) is 0 Å². The third-order valence-corrected chi connectivity index (χ3v) is 2.76. The number of hydrogen-bond acceptors (Lipinski definition) is 0. The van der Waals surface area contributed by atoms with Gasteiger partial charge >= 0.3 is 0 Å². The second-order valence-electron chi connectivity index (χ2n) is 7.38. The van der Waals surface area contributed by atoms with E-state index < -0.39 is 0 Å². The summed E-state index contributed by atoms with van der Waals surface area (Å²) >= 11 is 0. The smallest absolute Gasteiger partial charge is 0.0351 e. The van der Waals surface area contributed by atoms with Crippen LogP contribution in [-0.2, 0) is 0 Å². The van der Waals surface area contributed by atoms with Gasteiger partial charge in [0, 0.05) is 0 Å². The van der Waals surface area contributed by atoms with E-state index >= 15 is 0 Å². The summed E-state index contributed by atoms with van der Waals surface area (Å²) in [4.78, 5) is 0. The number of hydrogen-bond donors (Lipinski definition) is 0. The Balaban J connectivity index is 3.36. The van der Waals surface area contributed by atoms with Gasteiger partial charge in [0.15, 0.2) is 0 Å². The highest BCUT2D eigenvalue weighted by molar-refractivity contribution is 4.82. The zero-order chi connectivity index (χ0) is 12.7. The van der Waals surface area contributed by atoms with E-state index in [1.165, 1.54) is 38.5 Å². The van der Waals surface area contributed by atoms with Gasteiger partial charge in [-0.05, 0) is 49.4 Å². The molecule has 16 heavy (non-hydrogen) atoms. The molecule has 0 aliphatic rings. The molecule has 0 heteroatoms. The summed E-state index contributed by atoms with van der Waals surface area (Å²) in [7, 11) is 0. The van der Waals surface area contributed by atoms with E-state index in [1.807, 2.05) is 0 Å². The predicted molar refractivity (Wildman–Crippen MR) is 75.8 cm³/mol. The van der Waals surface area contributed by atoms with Crippen molar-refractivity contribution in [2.24, 2.45) is 10.8 Å². The molecule has 0 aromatic heterocycles. The Morgan fingerprint density at radius 3 is 1.19 bits per heavy atom. The summed E-state index contributed by atoms with van der Waals surface area (Å²) in [6.07, 6.45) is 12.6. The van der Waals surface area contributed by atoms with Crippen LogP contribution in [0.2, 0.25) is 0 Å². The molecular weight excluding hydrogens is 192 g/mol. The van der Waals surface area contributed by atoms with Gasteiger partial charge in [0.2, 0.25) is 0 Å². The predicted octanol–water partition coefficient (Wildman–Crippen LogP) is 5.98. The number of allylic oxidation sites excluding steroid dienone is 2. The maximum atomic E-state index is 2.37. The van der Waals surface area contributed by atoms with Gasteiger partial charge in [-0.15, -0.1) is 0 Å². The van der Waals surface area contributed by atoms with Gasteiger partial charge < -0.3 is 0 Å². The molecule has 0 fully saturated rings. The van der Waals surface area contributed by atoms with Crippen LogP contribution in [0.3, 0.4) is 0 Å². The topological polar surface area (TPSA) is 0 Å². The van der Waals surface area contributed by atoms with Crippen molar-refractivity contribution in [3.63, 3.8) is 0 Å². The van der Waals surface area contributed by atoms with Gasteiger partial charge in [-0.1, -0.05) is 53.7 Å². The highest BCUT2D eigenvalue weighted by atomic mass is 14.1. The Labute approximate surface area is 104 Å². The molecule has 0 aliphatic heterocycles. The normalized spacial score (nSPS) is 13.6. The van der Waals surface area contributed by atoms with Crippen LogP contribution in [0, 0.1) is 10.8 Å². The quantitative estimate of drug-likeness (QED) is 0.385. The monoisotopic (exact) mass is 224 g/mol. The van der Waals surface area contributed by atoms with Crippen LogP contribution >= 0.6 is 0 Å². The van der Waals surface area contributed by atoms with Crippen LogP contribution in [0.5, 0.6) is 0 Å². The third-order valence-electron chi connectivity index (χ3n) is 2.76. The summed E-state index contributed by atoms with van der Waals surface area (Å²) in [5.74, 6) is 0. The van der Waals surface area contributed by atoms with Crippen LogP contribution in [-0.4, -0.2) is 0 Å². The lowest BCUT2D eigenvalue weighted by Crippen LogP contribution is -2.03. The third kappa shape index (κ3) is 13.7. The van der Waals surface area contributed by atoms with Crippen molar-refractivity contribution < 1.29 is 0 Å². The first-order valence-corrected chi connectivity index (χ1v) is 6.86. The van der Waals surface area contributed by atoms with Crippen LogP contribution in [0.1, 0.15) is 80.1 Å². The van der Waals surface area contributed by atoms with Crippen molar-refractivity contribution in [1.82, 2.24) is 0 Å². The molecule has 0 atom stereocenters. The van der Waals surface area contributed by atoms with Gasteiger partial charge in [0.05, 0.1) is 0 Å². The first-order chi connectivity index (χ1) is 7.21. The van der Waals surface area contributed by atoms with Crippen LogP contribution in [0.15, 0.2) is 12.2 Å². The zero-order valence-electron chi connectivity index (χ0n) is 12.4. The second-order valence-corrected chi connectivity index (χ2v) is 7.38. The van der Waals surface area contributed by atoms with Crippen molar-refractivity contribution >= 4 is 0 Å². The summed E-state index contributed by atoms with van der Waals surface area (Å²) in [6.45, 7) is 13.9. The fourth-order valence-corrected chi connectivity index (χ4v) is 1.74. The minimum atomic E-state index is 0.500. The molecule has 0 heterocycles. The molecule has 0 saturated carbocycles. The minimum Gasteiger partial charge on any atom is -0.0885 e. The van der Waals surface area contributed by atoms with E-state index in [2.05, 4.69) is 53.7 Å². The Bertz CT molecular complexity index is 163. The Morgan fingerprint density at radius 1 is 0.625 bits per heavy atom. The van der Waals surface area contributed by atoms with E-state index in [0.717, 1.165) is 0 Å². The Hall–Kier alpha value is -0.260. The maximum Gasteiger partial charge on any atom is -0.0351 e. The minimum absolute atomic E-state index is 0.500. The SMILES string of the molecule is CC(C)(C)CCCC=CCCCC(C)(C)C. The van der Waals surface area contributed by atoms with E-state index in [0.29, 0.717) is 10.8 Å².